The van der Waals surface area contributed by atoms with Gasteiger partial charge >= 0.3 is 0 Å². The number of hydrogen-bond acceptors (Lipinski definition) is 0. The fraction of sp³-hybridized carbons (Fsp3) is 0.588. The lowest BCUT2D eigenvalue weighted by Gasteiger charge is -2.03. The van der Waals surface area contributed by atoms with E-state index in [9.17, 15) is 0 Å². The molecule has 1 aliphatic rings. The van der Waals surface area contributed by atoms with Crippen molar-refractivity contribution in [2.45, 2.75) is 129 Å². The van der Waals surface area contributed by atoms with Crippen LogP contribution in [0.2, 0.25) is 0 Å². The van der Waals surface area contributed by atoms with Gasteiger partial charge in [-0.2, -0.15) is 0 Å². The zero-order valence-electron chi connectivity index (χ0n) is 22.5. The number of benzene rings is 2. The largest absolute Gasteiger partial charge is 0.0654 e. The summed E-state index contributed by atoms with van der Waals surface area (Å²) in [5.74, 6) is 0. The maximum atomic E-state index is 2.42. The smallest absolute Gasteiger partial charge is 0.0211 e. The Hall–Kier alpha value is -1.56. The second-order valence-electron chi connectivity index (χ2n) is 10.1. The molecule has 2 radical (unpaired) electrons. The summed E-state index contributed by atoms with van der Waals surface area (Å²) in [6, 6.07) is 17.0. The van der Waals surface area contributed by atoms with Crippen molar-refractivity contribution in [1.82, 2.24) is 0 Å². The molecular weight excluding hydrogens is 408 g/mol. The molecule has 0 aliphatic heterocycles. The van der Waals surface area contributed by atoms with Crippen molar-refractivity contribution in [3.63, 3.8) is 0 Å². The average Bonchev–Trinajstić information content (AvgIpc) is 3.25. The third-order valence-electron chi connectivity index (χ3n) is 7.07. The van der Waals surface area contributed by atoms with Gasteiger partial charge in [0.05, 0.1) is 0 Å². The van der Waals surface area contributed by atoms with Crippen molar-refractivity contribution in [3.8, 4) is 11.1 Å². The molecule has 0 nitrogen and oxygen atoms in total. The van der Waals surface area contributed by atoms with E-state index in [1.54, 1.807) is 0 Å². The Balaban J connectivity index is 0.000000263. The van der Waals surface area contributed by atoms with Gasteiger partial charge in [0.2, 0.25) is 0 Å². The summed E-state index contributed by atoms with van der Waals surface area (Å²) in [5.41, 5.74) is 5.39. The van der Waals surface area contributed by atoms with Crippen LogP contribution in [0.5, 0.6) is 0 Å². The van der Waals surface area contributed by atoms with Gasteiger partial charge in [-0.3, -0.25) is 0 Å². The summed E-state index contributed by atoms with van der Waals surface area (Å²) >= 11 is 0. The number of unbranched alkanes of at least 4 members (excludes halogenated alkanes) is 18. The molecule has 34 heavy (non-hydrogen) atoms. The van der Waals surface area contributed by atoms with E-state index in [1.807, 2.05) is 0 Å². The standard InChI is InChI=1S/C21H43.C13H9/c1-3-5-7-9-11-13-15-17-19-21-20-18-16-14-12-10-8-6-4-2;1-3-7-12-10(5-1)9-11-6-2-4-8-13(11)12/h5H,3-4,6-21H2,1-2H3;1-9H. The summed E-state index contributed by atoms with van der Waals surface area (Å²) < 4.78 is 0. The van der Waals surface area contributed by atoms with Crippen molar-refractivity contribution in [2.75, 3.05) is 0 Å². The van der Waals surface area contributed by atoms with Gasteiger partial charge in [0.25, 0.3) is 0 Å². The van der Waals surface area contributed by atoms with Crippen LogP contribution in [0.1, 0.15) is 141 Å². The third kappa shape index (κ3) is 12.2. The molecule has 0 saturated heterocycles. The zero-order valence-corrected chi connectivity index (χ0v) is 22.5. The summed E-state index contributed by atoms with van der Waals surface area (Å²) in [7, 11) is 0. The Bertz CT molecular complexity index is 667. The molecule has 0 aromatic heterocycles. The number of hydrogen-bond donors (Lipinski definition) is 0. The quantitative estimate of drug-likeness (QED) is 0.166. The minimum absolute atomic E-state index is 1.25. The van der Waals surface area contributed by atoms with E-state index in [0.29, 0.717) is 0 Å². The fourth-order valence-electron chi connectivity index (χ4n) is 4.94. The molecule has 0 spiro atoms. The van der Waals surface area contributed by atoms with Gasteiger partial charge < -0.3 is 0 Å². The molecule has 0 N–H and O–H groups in total. The summed E-state index contributed by atoms with van der Waals surface area (Å²) in [5, 5.41) is 0. The summed E-state index contributed by atoms with van der Waals surface area (Å²) in [6.07, 6.45) is 30.7. The molecule has 0 bridgehead atoms. The first-order valence-electron chi connectivity index (χ1n) is 14.7. The molecule has 188 valence electrons. The van der Waals surface area contributed by atoms with Crippen LogP contribution in [-0.2, 0) is 0 Å². The maximum absolute atomic E-state index is 2.42. The monoisotopic (exact) mass is 460 g/mol. The molecule has 0 amide bonds. The normalized spacial score (nSPS) is 11.6. The molecule has 1 aliphatic carbocycles. The maximum Gasteiger partial charge on any atom is 0.0211 e. The first-order valence-corrected chi connectivity index (χ1v) is 14.7. The minimum Gasteiger partial charge on any atom is -0.0654 e. The molecule has 0 saturated carbocycles. The van der Waals surface area contributed by atoms with Gasteiger partial charge in [-0.15, -0.1) is 0 Å². The van der Waals surface area contributed by atoms with E-state index in [1.165, 1.54) is 138 Å². The summed E-state index contributed by atoms with van der Waals surface area (Å²) in [4.78, 5) is 0. The van der Waals surface area contributed by atoms with E-state index in [2.05, 4.69) is 75.2 Å². The van der Waals surface area contributed by atoms with Crippen molar-refractivity contribution < 1.29 is 0 Å². The molecule has 3 rings (SSSR count). The van der Waals surface area contributed by atoms with Gasteiger partial charge in [-0.05, 0) is 28.7 Å². The minimum atomic E-state index is 1.25. The molecule has 0 unspecified atom stereocenters. The fourth-order valence-corrected chi connectivity index (χ4v) is 4.94. The highest BCUT2D eigenvalue weighted by Crippen LogP contribution is 2.37. The van der Waals surface area contributed by atoms with E-state index in [4.69, 9.17) is 0 Å². The molecule has 0 heteroatoms. The first-order chi connectivity index (χ1) is 16.9. The Morgan fingerprint density at radius 3 is 1.26 bits per heavy atom. The van der Waals surface area contributed by atoms with Crippen molar-refractivity contribution in [1.29, 1.82) is 0 Å². The molecule has 0 heterocycles. The van der Waals surface area contributed by atoms with Crippen molar-refractivity contribution >= 4 is 0 Å². The molecule has 2 aromatic rings. The first kappa shape index (κ1) is 28.7. The van der Waals surface area contributed by atoms with Gasteiger partial charge in [0, 0.05) is 6.42 Å². The van der Waals surface area contributed by atoms with E-state index >= 15 is 0 Å². The number of fused-ring (bicyclic) bond motifs is 3. The van der Waals surface area contributed by atoms with Crippen LogP contribution in [0.25, 0.3) is 11.1 Å². The highest BCUT2D eigenvalue weighted by molar-refractivity contribution is 5.80. The predicted molar refractivity (Wildman–Crippen MR) is 153 cm³/mol. The summed E-state index contributed by atoms with van der Waals surface area (Å²) in [6.45, 7) is 4.54. The Kier molecular flexibility index (Phi) is 16.6. The van der Waals surface area contributed by atoms with Crippen molar-refractivity contribution in [2.24, 2.45) is 0 Å². The van der Waals surface area contributed by atoms with Gasteiger partial charge in [-0.1, -0.05) is 178 Å². The lowest BCUT2D eigenvalue weighted by Crippen LogP contribution is -1.84. The third-order valence-corrected chi connectivity index (χ3v) is 7.07. The van der Waals surface area contributed by atoms with E-state index in [0.717, 1.165) is 0 Å². The van der Waals surface area contributed by atoms with Crippen LogP contribution in [0, 0.1) is 12.8 Å². The molecule has 0 fully saturated rings. The van der Waals surface area contributed by atoms with Crippen LogP contribution in [0.15, 0.2) is 48.5 Å². The molecule has 2 aromatic carbocycles. The van der Waals surface area contributed by atoms with Crippen LogP contribution in [0.3, 0.4) is 0 Å². The Morgan fingerprint density at radius 2 is 0.853 bits per heavy atom. The van der Waals surface area contributed by atoms with E-state index in [-0.39, 0.29) is 0 Å². The van der Waals surface area contributed by atoms with Gasteiger partial charge in [0.1, 0.15) is 0 Å². The van der Waals surface area contributed by atoms with Crippen molar-refractivity contribution in [3.05, 3.63) is 72.5 Å². The number of rotatable bonds is 18. The lowest BCUT2D eigenvalue weighted by atomic mass is 10.0. The predicted octanol–water partition coefficient (Wildman–Crippen LogP) is 11.5. The Morgan fingerprint density at radius 1 is 0.471 bits per heavy atom. The average molecular weight is 461 g/mol. The van der Waals surface area contributed by atoms with Crippen LogP contribution in [0.4, 0.5) is 0 Å². The van der Waals surface area contributed by atoms with Gasteiger partial charge in [0.15, 0.2) is 0 Å². The topological polar surface area (TPSA) is 0 Å². The van der Waals surface area contributed by atoms with Crippen LogP contribution >= 0.6 is 0 Å². The van der Waals surface area contributed by atoms with Crippen LogP contribution < -0.4 is 0 Å². The van der Waals surface area contributed by atoms with Gasteiger partial charge in [-0.25, -0.2) is 0 Å². The highest BCUT2D eigenvalue weighted by Gasteiger charge is 2.16. The second kappa shape index (κ2) is 19.7. The van der Waals surface area contributed by atoms with Crippen LogP contribution in [-0.4, -0.2) is 0 Å². The Labute approximate surface area is 213 Å². The van der Waals surface area contributed by atoms with E-state index < -0.39 is 0 Å². The molecular formula is C34H52. The second-order valence-corrected chi connectivity index (χ2v) is 10.1. The zero-order chi connectivity index (χ0) is 24.1. The highest BCUT2D eigenvalue weighted by atomic mass is 14.2. The SMILES string of the molecule is CC[CH]CCCCCCCCCCCCCCCCCC.[CH]1c2ccccc2-c2ccccc21. The lowest BCUT2D eigenvalue weighted by molar-refractivity contribution is 0.529. The molecule has 0 atom stereocenters.